The maximum Gasteiger partial charge on any atom is 0.332 e. The number of nitrogens with one attached hydrogen (secondary N) is 2. The number of rotatable bonds is 7. The van der Waals surface area contributed by atoms with Crippen LogP contribution in [0.5, 0.6) is 0 Å². The van der Waals surface area contributed by atoms with Gasteiger partial charge < -0.3 is 20.5 Å². The average molecular weight is 290 g/mol. The molecule has 4 N–H and O–H groups in total. The normalized spacial score (nSPS) is 12.2. The summed E-state index contributed by atoms with van der Waals surface area (Å²) in [6, 6.07) is 7.88. The quantitative estimate of drug-likeness (QED) is 0.612. The molecule has 0 aliphatic carbocycles. The molecule has 0 saturated carbocycles. The van der Waals surface area contributed by atoms with Gasteiger partial charge in [-0.05, 0) is 18.1 Å². The maximum atomic E-state index is 11.7. The molecule has 1 aromatic carbocycles. The number of carboxylic acids is 1. The van der Waals surface area contributed by atoms with E-state index in [1.807, 2.05) is 30.5 Å². The first-order valence-corrected chi connectivity index (χ1v) is 6.80. The smallest absolute Gasteiger partial charge is 0.332 e. The zero-order valence-electron chi connectivity index (χ0n) is 11.5. The molecule has 1 aromatic heterocycles. The molecule has 0 saturated heterocycles. The first-order chi connectivity index (χ1) is 10.1. The minimum Gasteiger partial charge on any atom is -0.479 e. The van der Waals surface area contributed by atoms with Crippen molar-refractivity contribution in [3.8, 4) is 0 Å². The number of carbonyl (C=O) groups excluding carboxylic acids is 1. The monoisotopic (exact) mass is 290 g/mol. The van der Waals surface area contributed by atoms with E-state index >= 15 is 0 Å². The highest BCUT2D eigenvalue weighted by Crippen LogP contribution is 2.18. The van der Waals surface area contributed by atoms with Gasteiger partial charge in [0.25, 0.3) is 0 Å². The van der Waals surface area contributed by atoms with Crippen LogP contribution in [0, 0.1) is 0 Å². The Hall–Kier alpha value is -2.34. The number of aliphatic carboxylic acids is 1. The van der Waals surface area contributed by atoms with Crippen LogP contribution in [0.15, 0.2) is 30.5 Å². The summed E-state index contributed by atoms with van der Waals surface area (Å²) in [7, 11) is 0. The molecule has 0 aliphatic heterocycles. The van der Waals surface area contributed by atoms with Crippen LogP contribution in [0.2, 0.25) is 0 Å². The fraction of sp³-hybridized carbons (Fsp3) is 0.333. The van der Waals surface area contributed by atoms with Gasteiger partial charge in [0.1, 0.15) is 0 Å². The number of aliphatic hydroxyl groups excluding tert-OH is 1. The van der Waals surface area contributed by atoms with E-state index in [-0.39, 0.29) is 18.9 Å². The molecule has 2 aromatic rings. The van der Waals surface area contributed by atoms with Crippen molar-refractivity contribution in [2.45, 2.75) is 25.4 Å². The van der Waals surface area contributed by atoms with E-state index in [1.54, 1.807) is 0 Å². The van der Waals surface area contributed by atoms with Gasteiger partial charge in [-0.1, -0.05) is 18.2 Å². The number of aliphatic hydroxyl groups is 1. The van der Waals surface area contributed by atoms with Crippen molar-refractivity contribution >= 4 is 22.8 Å². The molecule has 0 fully saturated rings. The highest BCUT2D eigenvalue weighted by Gasteiger charge is 2.13. The van der Waals surface area contributed by atoms with E-state index in [0.717, 1.165) is 16.5 Å². The Balaban J connectivity index is 1.78. The summed E-state index contributed by atoms with van der Waals surface area (Å²) >= 11 is 0. The van der Waals surface area contributed by atoms with Gasteiger partial charge in [0, 0.05) is 36.5 Å². The number of benzene rings is 1. The Morgan fingerprint density at radius 1 is 1.29 bits per heavy atom. The van der Waals surface area contributed by atoms with E-state index in [1.165, 1.54) is 0 Å². The van der Waals surface area contributed by atoms with Gasteiger partial charge >= 0.3 is 5.97 Å². The molecule has 21 heavy (non-hydrogen) atoms. The highest BCUT2D eigenvalue weighted by atomic mass is 16.4. The van der Waals surface area contributed by atoms with E-state index in [0.29, 0.717) is 12.8 Å². The summed E-state index contributed by atoms with van der Waals surface area (Å²) in [6.07, 6.45) is 1.40. The van der Waals surface area contributed by atoms with Gasteiger partial charge in [0.2, 0.25) is 5.91 Å². The number of para-hydroxylation sites is 1. The van der Waals surface area contributed by atoms with Crippen LogP contribution in [0.3, 0.4) is 0 Å². The molecule has 1 amide bonds. The summed E-state index contributed by atoms with van der Waals surface area (Å²) in [6.45, 7) is 0.153. The maximum absolute atomic E-state index is 11.7. The second-order valence-corrected chi connectivity index (χ2v) is 4.85. The molecule has 0 unspecified atom stereocenters. The van der Waals surface area contributed by atoms with Gasteiger partial charge in [-0.15, -0.1) is 0 Å². The largest absolute Gasteiger partial charge is 0.479 e. The highest BCUT2D eigenvalue weighted by molar-refractivity contribution is 5.84. The molecule has 1 heterocycles. The van der Waals surface area contributed by atoms with Crippen LogP contribution in [0.1, 0.15) is 18.4 Å². The molecular weight excluding hydrogens is 272 g/mol. The fourth-order valence-electron chi connectivity index (χ4n) is 2.15. The van der Waals surface area contributed by atoms with Gasteiger partial charge in [0.05, 0.1) is 0 Å². The van der Waals surface area contributed by atoms with E-state index in [9.17, 15) is 9.59 Å². The van der Waals surface area contributed by atoms with Gasteiger partial charge in [-0.2, -0.15) is 0 Å². The Bertz CT molecular complexity index is 635. The van der Waals surface area contributed by atoms with E-state index in [2.05, 4.69) is 10.3 Å². The van der Waals surface area contributed by atoms with Crippen molar-refractivity contribution in [2.24, 2.45) is 0 Å². The van der Waals surface area contributed by atoms with Crippen LogP contribution in [-0.2, 0) is 16.0 Å². The number of fused-ring (bicyclic) bond motifs is 1. The first-order valence-electron chi connectivity index (χ1n) is 6.80. The Kier molecular flexibility index (Phi) is 4.94. The van der Waals surface area contributed by atoms with Crippen LogP contribution in [-0.4, -0.2) is 39.7 Å². The molecule has 112 valence electrons. The van der Waals surface area contributed by atoms with Crippen LogP contribution in [0.4, 0.5) is 0 Å². The number of hydrogen-bond acceptors (Lipinski definition) is 3. The molecule has 0 radical (unpaired) electrons. The SMILES string of the molecule is O=C(CCc1c[nH]c2ccccc12)NCC[C@H](O)C(=O)O. The van der Waals surface area contributed by atoms with Crippen LogP contribution < -0.4 is 5.32 Å². The Morgan fingerprint density at radius 2 is 2.05 bits per heavy atom. The Morgan fingerprint density at radius 3 is 2.81 bits per heavy atom. The predicted octanol–water partition coefficient (Wildman–Crippen LogP) is 1.05. The number of aryl methyl sites for hydroxylation is 1. The Labute approximate surface area is 121 Å². The summed E-state index contributed by atoms with van der Waals surface area (Å²) in [5, 5.41) is 21.3. The lowest BCUT2D eigenvalue weighted by Gasteiger charge is -2.07. The van der Waals surface area contributed by atoms with Gasteiger partial charge in [-0.25, -0.2) is 4.79 Å². The van der Waals surface area contributed by atoms with Crippen molar-refractivity contribution in [1.29, 1.82) is 0 Å². The van der Waals surface area contributed by atoms with E-state index in [4.69, 9.17) is 10.2 Å². The lowest BCUT2D eigenvalue weighted by molar-refractivity contribution is -0.147. The number of aromatic amines is 1. The molecule has 6 nitrogen and oxygen atoms in total. The summed E-state index contributed by atoms with van der Waals surface area (Å²) in [5.41, 5.74) is 2.11. The van der Waals surface area contributed by atoms with Crippen LogP contribution in [0.25, 0.3) is 10.9 Å². The third-order valence-corrected chi connectivity index (χ3v) is 3.32. The molecule has 0 bridgehead atoms. The fourth-order valence-corrected chi connectivity index (χ4v) is 2.15. The molecule has 0 aliphatic rings. The molecule has 2 rings (SSSR count). The topological polar surface area (TPSA) is 102 Å². The number of hydrogen-bond donors (Lipinski definition) is 4. The predicted molar refractivity (Wildman–Crippen MR) is 77.9 cm³/mol. The van der Waals surface area contributed by atoms with Crippen molar-refractivity contribution in [1.82, 2.24) is 10.3 Å². The van der Waals surface area contributed by atoms with Crippen molar-refractivity contribution < 1.29 is 19.8 Å². The molecule has 6 heteroatoms. The minimum absolute atomic E-state index is 0.00809. The molecule has 1 atom stereocenters. The zero-order valence-corrected chi connectivity index (χ0v) is 11.5. The van der Waals surface area contributed by atoms with Crippen LogP contribution >= 0.6 is 0 Å². The number of H-pyrrole nitrogens is 1. The minimum atomic E-state index is -1.43. The summed E-state index contributed by atoms with van der Waals surface area (Å²) in [4.78, 5) is 25.2. The third-order valence-electron chi connectivity index (χ3n) is 3.32. The first kappa shape index (κ1) is 15.1. The second kappa shape index (κ2) is 6.90. The van der Waals surface area contributed by atoms with E-state index < -0.39 is 12.1 Å². The molecule has 0 spiro atoms. The van der Waals surface area contributed by atoms with Crippen molar-refractivity contribution in [2.75, 3.05) is 6.54 Å². The third kappa shape index (κ3) is 4.06. The average Bonchev–Trinajstić information content (AvgIpc) is 2.88. The summed E-state index contributed by atoms with van der Waals surface area (Å²) < 4.78 is 0. The van der Waals surface area contributed by atoms with Gasteiger partial charge in [-0.3, -0.25) is 4.79 Å². The number of carbonyl (C=O) groups is 2. The molecular formula is C15H18N2O4. The second-order valence-electron chi connectivity index (χ2n) is 4.85. The lowest BCUT2D eigenvalue weighted by Crippen LogP contribution is -2.30. The van der Waals surface area contributed by atoms with Crippen molar-refractivity contribution in [3.05, 3.63) is 36.0 Å². The zero-order chi connectivity index (χ0) is 15.2. The number of amides is 1. The number of carboxylic acid groups (broad SMARTS) is 1. The van der Waals surface area contributed by atoms with Gasteiger partial charge in [0.15, 0.2) is 6.10 Å². The summed E-state index contributed by atoms with van der Waals surface area (Å²) in [5.74, 6) is -1.43. The number of aromatic nitrogens is 1. The lowest BCUT2D eigenvalue weighted by atomic mass is 10.1. The standard InChI is InChI=1S/C15H18N2O4/c18-13(15(20)21)7-8-16-14(19)6-5-10-9-17-12-4-2-1-3-11(10)12/h1-4,9,13,17-18H,5-8H2,(H,16,19)(H,20,21)/t13-/m0/s1. The van der Waals surface area contributed by atoms with Crippen molar-refractivity contribution in [3.63, 3.8) is 0 Å².